The molecule has 0 spiro atoms. The highest BCUT2D eigenvalue weighted by atomic mass is 16.4. The van der Waals surface area contributed by atoms with Gasteiger partial charge in [0.2, 0.25) is 0 Å². The monoisotopic (exact) mass is 310 g/mol. The fraction of sp³-hybridized carbons (Fsp3) is 0.353. The molecule has 6 nitrogen and oxygen atoms in total. The number of hydrogen-bond donors (Lipinski definition) is 1. The molecule has 2 unspecified atom stereocenters. The van der Waals surface area contributed by atoms with E-state index in [1.165, 1.54) is 4.57 Å². The van der Waals surface area contributed by atoms with E-state index in [2.05, 4.69) is 18.0 Å². The molecule has 0 amide bonds. The number of aromatic nitrogens is 1. The molecular weight excluding hydrogens is 292 g/mol. The smallest absolute Gasteiger partial charge is 0.408 e. The minimum atomic E-state index is -0.528. The van der Waals surface area contributed by atoms with Crippen molar-refractivity contribution in [2.75, 3.05) is 6.54 Å². The van der Waals surface area contributed by atoms with Crippen LogP contribution < -0.4 is 11.5 Å². The number of allylic oxidation sites excluding steroid dienone is 1. The number of aryl methyl sites for hydroxylation is 1. The summed E-state index contributed by atoms with van der Waals surface area (Å²) < 4.78 is 6.66. The van der Waals surface area contributed by atoms with Crippen LogP contribution in [0.15, 0.2) is 44.6 Å². The molecule has 2 atom stereocenters. The van der Waals surface area contributed by atoms with Crippen molar-refractivity contribution in [3.8, 4) is 6.07 Å². The van der Waals surface area contributed by atoms with Crippen molar-refractivity contribution in [2.45, 2.75) is 24.8 Å². The molecule has 1 aliphatic rings. The minimum Gasteiger partial charge on any atom is -0.408 e. The lowest BCUT2D eigenvalue weighted by atomic mass is 9.80. The van der Waals surface area contributed by atoms with E-state index in [0.717, 1.165) is 16.8 Å². The summed E-state index contributed by atoms with van der Waals surface area (Å²) in [6, 6.07) is 7.22. The van der Waals surface area contributed by atoms with E-state index in [1.807, 2.05) is 30.3 Å². The number of benzene rings is 1. The highest BCUT2D eigenvalue weighted by Gasteiger charge is 2.27. The Labute approximate surface area is 133 Å². The first-order valence-electron chi connectivity index (χ1n) is 7.41. The van der Waals surface area contributed by atoms with Crippen LogP contribution in [0.4, 0.5) is 0 Å². The molecule has 3 rings (SSSR count). The van der Waals surface area contributed by atoms with Crippen LogP contribution in [-0.4, -0.2) is 22.9 Å². The van der Waals surface area contributed by atoms with Gasteiger partial charge in [-0.05, 0) is 23.8 Å². The molecule has 23 heavy (non-hydrogen) atoms. The molecule has 0 saturated carbocycles. The molecule has 118 valence electrons. The second-order valence-electron chi connectivity index (χ2n) is 6.11. The summed E-state index contributed by atoms with van der Waals surface area (Å²) in [5, 5.41) is 8.78. The first kappa shape index (κ1) is 15.3. The lowest BCUT2D eigenvalue weighted by Crippen LogP contribution is -2.29. The van der Waals surface area contributed by atoms with Crippen LogP contribution in [0, 0.1) is 11.3 Å². The number of nitrogens with zero attached hydrogens (tertiary/aromatic N) is 3. The summed E-state index contributed by atoms with van der Waals surface area (Å²) in [5.41, 5.74) is 8.63. The number of nitrogens with two attached hydrogens (primary N) is 1. The Morgan fingerprint density at radius 3 is 3.00 bits per heavy atom. The molecule has 0 saturated heterocycles. The fourth-order valence-electron chi connectivity index (χ4n) is 2.72. The number of aliphatic imine (C=N–C) groups is 1. The van der Waals surface area contributed by atoms with Gasteiger partial charge in [0.25, 0.3) is 0 Å². The quantitative estimate of drug-likeness (QED) is 0.931. The summed E-state index contributed by atoms with van der Waals surface area (Å²) in [7, 11) is 1.69. The Hall–Kier alpha value is -2.65. The zero-order chi connectivity index (χ0) is 16.6. The van der Waals surface area contributed by atoms with E-state index in [0.29, 0.717) is 18.5 Å². The maximum Gasteiger partial charge on any atom is 0.419 e. The minimum absolute atomic E-state index is 0.262. The zero-order valence-corrected chi connectivity index (χ0v) is 13.1. The maximum atomic E-state index is 11.6. The van der Waals surface area contributed by atoms with E-state index in [1.54, 1.807) is 7.05 Å². The third-order valence-electron chi connectivity index (χ3n) is 4.30. The van der Waals surface area contributed by atoms with E-state index >= 15 is 0 Å². The summed E-state index contributed by atoms with van der Waals surface area (Å²) in [6.45, 7) is 2.67. The van der Waals surface area contributed by atoms with E-state index in [9.17, 15) is 4.79 Å². The van der Waals surface area contributed by atoms with Crippen LogP contribution >= 0.6 is 0 Å². The van der Waals surface area contributed by atoms with Crippen LogP contribution in [-0.2, 0) is 12.5 Å². The van der Waals surface area contributed by atoms with Crippen molar-refractivity contribution >= 4 is 16.8 Å². The number of oxazole rings is 1. The van der Waals surface area contributed by atoms with Crippen molar-refractivity contribution in [1.29, 1.82) is 5.26 Å². The van der Waals surface area contributed by atoms with Crippen molar-refractivity contribution in [2.24, 2.45) is 17.8 Å². The molecule has 0 bridgehead atoms. The largest absolute Gasteiger partial charge is 0.419 e. The maximum absolute atomic E-state index is 11.6. The Bertz CT molecular complexity index is 913. The number of dihydropyridines is 1. The first-order valence-corrected chi connectivity index (χ1v) is 7.41. The van der Waals surface area contributed by atoms with Gasteiger partial charge in [0, 0.05) is 24.6 Å². The van der Waals surface area contributed by atoms with Gasteiger partial charge >= 0.3 is 5.76 Å². The Balaban J connectivity index is 1.91. The molecule has 1 aromatic carbocycles. The zero-order valence-electron chi connectivity index (χ0n) is 13.1. The third kappa shape index (κ3) is 2.71. The van der Waals surface area contributed by atoms with Gasteiger partial charge in [-0.2, -0.15) is 5.26 Å². The van der Waals surface area contributed by atoms with Crippen LogP contribution in [0.3, 0.4) is 0 Å². The van der Waals surface area contributed by atoms with Gasteiger partial charge in [-0.3, -0.25) is 9.56 Å². The molecule has 1 aromatic heterocycles. The molecular formula is C17H18N4O2. The standard InChI is InChI=1S/C17H18N4O2/c1-17(6-5-13(20-10-17)8-12(19)9-18)11-3-4-15-14(7-11)21(2)16(22)23-15/h3-7,12H,8,10,19H2,1-2H3. The van der Waals surface area contributed by atoms with Crippen LogP contribution in [0.1, 0.15) is 18.9 Å². The van der Waals surface area contributed by atoms with Crippen molar-refractivity contribution in [3.63, 3.8) is 0 Å². The third-order valence-corrected chi connectivity index (χ3v) is 4.30. The summed E-state index contributed by atoms with van der Waals surface area (Å²) in [5.74, 6) is -0.368. The van der Waals surface area contributed by atoms with Gasteiger partial charge in [0.1, 0.15) is 0 Å². The SMILES string of the molecule is Cn1c(=O)oc2ccc(C3(C)C=CC(CC(N)C#N)=NC3)cc21. The van der Waals surface area contributed by atoms with Gasteiger partial charge in [-0.15, -0.1) is 0 Å². The van der Waals surface area contributed by atoms with Crippen molar-refractivity contribution in [3.05, 3.63) is 46.5 Å². The molecule has 2 heterocycles. The summed E-state index contributed by atoms with van der Waals surface area (Å²) in [6.07, 6.45) is 4.47. The van der Waals surface area contributed by atoms with Crippen LogP contribution in [0.25, 0.3) is 11.1 Å². The van der Waals surface area contributed by atoms with Gasteiger partial charge < -0.3 is 10.2 Å². The highest BCUT2D eigenvalue weighted by Crippen LogP contribution is 2.30. The molecule has 2 N–H and O–H groups in total. The topological polar surface area (TPSA) is 97.3 Å². The van der Waals surface area contributed by atoms with Gasteiger partial charge in [-0.1, -0.05) is 19.1 Å². The van der Waals surface area contributed by atoms with Crippen LogP contribution in [0.5, 0.6) is 0 Å². The number of hydrogen-bond acceptors (Lipinski definition) is 5. The fourth-order valence-corrected chi connectivity index (χ4v) is 2.72. The van der Waals surface area contributed by atoms with Crippen molar-refractivity contribution in [1.82, 2.24) is 4.57 Å². The summed E-state index contributed by atoms with van der Waals surface area (Å²) >= 11 is 0. The lowest BCUT2D eigenvalue weighted by molar-refractivity contribution is 0.528. The van der Waals surface area contributed by atoms with Gasteiger partial charge in [-0.25, -0.2) is 4.79 Å². The Morgan fingerprint density at radius 2 is 2.35 bits per heavy atom. The molecule has 0 aliphatic carbocycles. The van der Waals surface area contributed by atoms with Crippen molar-refractivity contribution < 1.29 is 4.42 Å². The van der Waals surface area contributed by atoms with E-state index < -0.39 is 6.04 Å². The molecule has 0 fully saturated rings. The number of rotatable bonds is 3. The number of nitriles is 1. The normalized spacial score (nSPS) is 21.9. The Kier molecular flexibility index (Phi) is 3.66. The lowest BCUT2D eigenvalue weighted by Gasteiger charge is -2.28. The van der Waals surface area contributed by atoms with Crippen LogP contribution in [0.2, 0.25) is 0 Å². The van der Waals surface area contributed by atoms with E-state index in [-0.39, 0.29) is 11.2 Å². The number of fused-ring (bicyclic) bond motifs is 1. The second-order valence-corrected chi connectivity index (χ2v) is 6.11. The van der Waals surface area contributed by atoms with Gasteiger partial charge in [0.15, 0.2) is 5.58 Å². The molecule has 0 radical (unpaired) electrons. The Morgan fingerprint density at radius 1 is 1.57 bits per heavy atom. The predicted octanol–water partition coefficient (Wildman–Crippen LogP) is 1.64. The van der Waals surface area contributed by atoms with E-state index in [4.69, 9.17) is 15.4 Å². The average molecular weight is 310 g/mol. The molecule has 2 aromatic rings. The predicted molar refractivity (Wildman–Crippen MR) is 88.5 cm³/mol. The molecule has 1 aliphatic heterocycles. The molecule has 6 heteroatoms. The average Bonchev–Trinajstić information content (AvgIpc) is 2.84. The first-order chi connectivity index (χ1) is 10.9. The second kappa shape index (κ2) is 5.52. The van der Waals surface area contributed by atoms with Gasteiger partial charge in [0.05, 0.1) is 24.2 Å². The highest BCUT2D eigenvalue weighted by molar-refractivity contribution is 5.96. The summed E-state index contributed by atoms with van der Waals surface area (Å²) in [4.78, 5) is 16.2.